The van der Waals surface area contributed by atoms with Gasteiger partial charge in [0, 0.05) is 0 Å². The molecule has 1 aromatic rings. The van der Waals surface area contributed by atoms with E-state index >= 15 is 0 Å². The molecule has 0 heterocycles. The van der Waals surface area contributed by atoms with Gasteiger partial charge in [-0.05, 0) is 25.0 Å². The number of hydrogen-bond acceptors (Lipinski definition) is 6. The maximum absolute atomic E-state index is 13.7. The molecule has 0 saturated carbocycles. The standard InChI is InChI=1S/C17H21FN2O6/c1-4-25-17(24)19-13(21)9-26-16(23)14(10(2)3)20-15(22)11-7-5-6-8-12(11)18/h5-8,10,14H,4,9H2,1-3H3,(H,20,22)(H,19,21,24)/t14-/m0/s1. The molecule has 0 aliphatic heterocycles. The summed E-state index contributed by atoms with van der Waals surface area (Å²) in [4.78, 5) is 46.8. The van der Waals surface area contributed by atoms with E-state index in [4.69, 9.17) is 4.74 Å². The summed E-state index contributed by atoms with van der Waals surface area (Å²) in [6.45, 7) is 4.21. The van der Waals surface area contributed by atoms with E-state index in [0.29, 0.717) is 0 Å². The number of ether oxygens (including phenoxy) is 2. The normalized spacial score (nSPS) is 11.4. The third-order valence-corrected chi connectivity index (χ3v) is 3.19. The van der Waals surface area contributed by atoms with Crippen LogP contribution in [0.1, 0.15) is 31.1 Å². The molecular weight excluding hydrogens is 347 g/mol. The summed E-state index contributed by atoms with van der Waals surface area (Å²) >= 11 is 0. The summed E-state index contributed by atoms with van der Waals surface area (Å²) in [5.41, 5.74) is -0.217. The lowest BCUT2D eigenvalue weighted by Gasteiger charge is -2.20. The van der Waals surface area contributed by atoms with Gasteiger partial charge in [-0.25, -0.2) is 14.0 Å². The molecule has 0 aliphatic carbocycles. The highest BCUT2D eigenvalue weighted by molar-refractivity contribution is 5.97. The quantitative estimate of drug-likeness (QED) is 0.704. The molecule has 0 aliphatic rings. The van der Waals surface area contributed by atoms with Gasteiger partial charge in [0.15, 0.2) is 6.61 Å². The summed E-state index contributed by atoms with van der Waals surface area (Å²) in [6, 6.07) is 4.22. The lowest BCUT2D eigenvalue weighted by atomic mass is 10.0. The topological polar surface area (TPSA) is 111 Å². The first kappa shape index (κ1) is 21.1. The first-order valence-corrected chi connectivity index (χ1v) is 7.94. The SMILES string of the molecule is CCOC(=O)NC(=O)COC(=O)[C@@H](NC(=O)c1ccccc1F)C(C)C. The van der Waals surface area contributed by atoms with Gasteiger partial charge in [0.1, 0.15) is 11.9 Å². The van der Waals surface area contributed by atoms with Gasteiger partial charge < -0.3 is 14.8 Å². The molecule has 2 N–H and O–H groups in total. The molecule has 8 nitrogen and oxygen atoms in total. The average Bonchev–Trinajstić information content (AvgIpc) is 2.57. The van der Waals surface area contributed by atoms with E-state index < -0.39 is 42.3 Å². The van der Waals surface area contributed by atoms with Gasteiger partial charge in [-0.2, -0.15) is 0 Å². The minimum Gasteiger partial charge on any atom is -0.454 e. The van der Waals surface area contributed by atoms with E-state index in [0.717, 1.165) is 6.07 Å². The molecular formula is C17H21FN2O6. The molecule has 0 fully saturated rings. The predicted molar refractivity (Wildman–Crippen MR) is 88.6 cm³/mol. The zero-order chi connectivity index (χ0) is 19.7. The molecule has 0 bridgehead atoms. The van der Waals surface area contributed by atoms with E-state index in [2.05, 4.69) is 10.1 Å². The van der Waals surface area contributed by atoms with Gasteiger partial charge in [-0.1, -0.05) is 26.0 Å². The van der Waals surface area contributed by atoms with Crippen LogP contribution >= 0.6 is 0 Å². The van der Waals surface area contributed by atoms with E-state index in [1.165, 1.54) is 18.2 Å². The molecule has 26 heavy (non-hydrogen) atoms. The lowest BCUT2D eigenvalue weighted by molar-refractivity contribution is -0.151. The Hall–Kier alpha value is -2.97. The van der Waals surface area contributed by atoms with Crippen LogP contribution in [0.15, 0.2) is 24.3 Å². The van der Waals surface area contributed by atoms with Gasteiger partial charge in [0.2, 0.25) is 0 Å². The second-order valence-electron chi connectivity index (χ2n) is 5.55. The number of amides is 3. The number of carbonyl (C=O) groups excluding carboxylic acids is 4. The van der Waals surface area contributed by atoms with Crippen molar-refractivity contribution in [3.05, 3.63) is 35.6 Å². The van der Waals surface area contributed by atoms with Crippen molar-refractivity contribution in [1.82, 2.24) is 10.6 Å². The fraction of sp³-hybridized carbons (Fsp3) is 0.412. The second-order valence-corrected chi connectivity index (χ2v) is 5.55. The number of nitrogens with one attached hydrogen (secondary N) is 2. The number of hydrogen-bond donors (Lipinski definition) is 2. The number of rotatable bonds is 7. The third-order valence-electron chi connectivity index (χ3n) is 3.19. The van der Waals surface area contributed by atoms with Crippen molar-refractivity contribution in [2.24, 2.45) is 5.92 Å². The molecule has 3 amide bonds. The van der Waals surface area contributed by atoms with Crippen molar-refractivity contribution in [3.8, 4) is 0 Å². The van der Waals surface area contributed by atoms with Crippen LogP contribution in [0.25, 0.3) is 0 Å². The highest BCUT2D eigenvalue weighted by Gasteiger charge is 2.27. The Morgan fingerprint density at radius 1 is 1.12 bits per heavy atom. The minimum absolute atomic E-state index is 0.0798. The monoisotopic (exact) mass is 368 g/mol. The third kappa shape index (κ3) is 6.50. The van der Waals surface area contributed by atoms with Gasteiger partial charge in [0.05, 0.1) is 12.2 Å². The van der Waals surface area contributed by atoms with E-state index in [-0.39, 0.29) is 18.1 Å². The molecule has 0 spiro atoms. The maximum atomic E-state index is 13.7. The molecule has 0 unspecified atom stereocenters. The zero-order valence-electron chi connectivity index (χ0n) is 14.7. The van der Waals surface area contributed by atoms with Crippen molar-refractivity contribution in [2.45, 2.75) is 26.8 Å². The predicted octanol–water partition coefficient (Wildman–Crippen LogP) is 1.40. The molecule has 0 radical (unpaired) electrons. The number of halogens is 1. The van der Waals surface area contributed by atoms with E-state index in [1.54, 1.807) is 20.8 Å². The largest absolute Gasteiger partial charge is 0.454 e. The highest BCUT2D eigenvalue weighted by atomic mass is 19.1. The molecule has 0 aromatic heterocycles. The Morgan fingerprint density at radius 3 is 2.35 bits per heavy atom. The second kappa shape index (κ2) is 10.1. The van der Waals surface area contributed by atoms with E-state index in [9.17, 15) is 23.6 Å². The molecule has 1 atom stereocenters. The van der Waals surface area contributed by atoms with Gasteiger partial charge in [-0.3, -0.25) is 14.9 Å². The first-order valence-electron chi connectivity index (χ1n) is 7.94. The van der Waals surface area contributed by atoms with Crippen molar-refractivity contribution in [1.29, 1.82) is 0 Å². The summed E-state index contributed by atoms with van der Waals surface area (Å²) < 4.78 is 23.0. The maximum Gasteiger partial charge on any atom is 0.413 e. The van der Waals surface area contributed by atoms with Crippen molar-refractivity contribution in [3.63, 3.8) is 0 Å². The van der Waals surface area contributed by atoms with Crippen LogP contribution in [0.4, 0.5) is 9.18 Å². The number of esters is 1. The van der Waals surface area contributed by atoms with Crippen LogP contribution in [0.2, 0.25) is 0 Å². The smallest absolute Gasteiger partial charge is 0.413 e. The number of alkyl carbamates (subject to hydrolysis) is 1. The lowest BCUT2D eigenvalue weighted by Crippen LogP contribution is -2.46. The van der Waals surface area contributed by atoms with Crippen LogP contribution in [0, 0.1) is 11.7 Å². The number of carbonyl (C=O) groups is 4. The van der Waals surface area contributed by atoms with Gasteiger partial charge >= 0.3 is 12.1 Å². The fourth-order valence-electron chi connectivity index (χ4n) is 1.91. The Kier molecular flexibility index (Phi) is 8.20. The Morgan fingerprint density at radius 2 is 1.77 bits per heavy atom. The average molecular weight is 368 g/mol. The highest BCUT2D eigenvalue weighted by Crippen LogP contribution is 2.09. The molecule has 1 rings (SSSR count). The van der Waals surface area contributed by atoms with Crippen molar-refractivity contribution < 1.29 is 33.0 Å². The van der Waals surface area contributed by atoms with Crippen LogP contribution in [0.3, 0.4) is 0 Å². The van der Waals surface area contributed by atoms with E-state index in [1.807, 2.05) is 5.32 Å². The van der Waals surface area contributed by atoms with Crippen molar-refractivity contribution >= 4 is 23.9 Å². The van der Waals surface area contributed by atoms with Crippen LogP contribution in [-0.2, 0) is 19.1 Å². The summed E-state index contributed by atoms with van der Waals surface area (Å²) in [7, 11) is 0. The Labute approximate surface area is 150 Å². The Bertz CT molecular complexity index is 677. The number of benzene rings is 1. The summed E-state index contributed by atoms with van der Waals surface area (Å²) in [6.07, 6.45) is -0.957. The minimum atomic E-state index is -1.10. The van der Waals surface area contributed by atoms with Crippen LogP contribution in [-0.4, -0.2) is 43.1 Å². The van der Waals surface area contributed by atoms with Crippen molar-refractivity contribution in [2.75, 3.05) is 13.2 Å². The van der Waals surface area contributed by atoms with Crippen LogP contribution in [0.5, 0.6) is 0 Å². The summed E-state index contributed by atoms with van der Waals surface area (Å²) in [5, 5.41) is 4.25. The van der Waals surface area contributed by atoms with Crippen LogP contribution < -0.4 is 10.6 Å². The first-order chi connectivity index (χ1) is 12.3. The molecule has 142 valence electrons. The zero-order valence-corrected chi connectivity index (χ0v) is 14.7. The number of imide groups is 1. The molecule has 9 heteroatoms. The molecule has 0 saturated heterocycles. The van der Waals surface area contributed by atoms with Gasteiger partial charge in [0.25, 0.3) is 11.8 Å². The fourth-order valence-corrected chi connectivity index (χ4v) is 1.91. The van der Waals surface area contributed by atoms with Gasteiger partial charge in [-0.15, -0.1) is 0 Å². The molecule has 1 aromatic carbocycles. The summed E-state index contributed by atoms with van der Waals surface area (Å²) in [5.74, 6) is -3.65. The Balaban J connectivity index is 2.65.